The Kier molecular flexibility index (Phi) is 5.15. The highest BCUT2D eigenvalue weighted by molar-refractivity contribution is 7.15. The van der Waals surface area contributed by atoms with Gasteiger partial charge in [-0.25, -0.2) is 4.98 Å². The normalized spacial score (nSPS) is 11.3. The van der Waals surface area contributed by atoms with Crippen molar-refractivity contribution in [1.82, 2.24) is 10.3 Å². The third-order valence-corrected chi connectivity index (χ3v) is 3.76. The maximum Gasteiger partial charge on any atom is 0.123 e. The third kappa shape index (κ3) is 4.32. The zero-order valence-corrected chi connectivity index (χ0v) is 13.3. The molecule has 0 aliphatic heterocycles. The molecule has 0 atom stereocenters. The van der Waals surface area contributed by atoms with Crippen molar-refractivity contribution in [3.63, 3.8) is 0 Å². The molecule has 108 valence electrons. The van der Waals surface area contributed by atoms with Crippen LogP contribution in [-0.4, -0.2) is 17.1 Å². The SMILES string of the molecule is CC(C)NCc1cnc(-c2ccc(OC(C)C)cc2)s1. The Morgan fingerprint density at radius 1 is 1.15 bits per heavy atom. The summed E-state index contributed by atoms with van der Waals surface area (Å²) >= 11 is 1.73. The van der Waals surface area contributed by atoms with E-state index >= 15 is 0 Å². The molecule has 1 aromatic heterocycles. The number of hydrogen-bond donors (Lipinski definition) is 1. The maximum atomic E-state index is 5.65. The van der Waals surface area contributed by atoms with E-state index in [2.05, 4.69) is 36.3 Å². The summed E-state index contributed by atoms with van der Waals surface area (Å²) in [6.45, 7) is 9.24. The summed E-state index contributed by atoms with van der Waals surface area (Å²) < 4.78 is 5.65. The first kappa shape index (κ1) is 15.0. The molecule has 0 aliphatic carbocycles. The van der Waals surface area contributed by atoms with E-state index in [1.165, 1.54) is 4.88 Å². The number of aromatic nitrogens is 1. The van der Waals surface area contributed by atoms with Crippen LogP contribution in [0.4, 0.5) is 0 Å². The van der Waals surface area contributed by atoms with Crippen molar-refractivity contribution < 1.29 is 4.74 Å². The number of benzene rings is 1. The second-order valence-corrected chi connectivity index (χ2v) is 6.47. The molecule has 0 spiro atoms. The molecule has 0 bridgehead atoms. The lowest BCUT2D eigenvalue weighted by molar-refractivity contribution is 0.242. The second kappa shape index (κ2) is 6.86. The standard InChI is InChI=1S/C16H22N2OS/c1-11(2)17-9-15-10-18-16(20-15)13-5-7-14(8-6-13)19-12(3)4/h5-8,10-12,17H,9H2,1-4H3. The van der Waals surface area contributed by atoms with Crippen molar-refractivity contribution in [3.8, 4) is 16.3 Å². The van der Waals surface area contributed by atoms with E-state index in [4.69, 9.17) is 4.74 Å². The van der Waals surface area contributed by atoms with E-state index in [1.54, 1.807) is 11.3 Å². The minimum atomic E-state index is 0.203. The number of rotatable bonds is 6. The van der Waals surface area contributed by atoms with E-state index in [-0.39, 0.29) is 6.10 Å². The first-order valence-electron chi connectivity index (χ1n) is 7.00. The number of thiazole rings is 1. The van der Waals surface area contributed by atoms with Crippen LogP contribution in [0.1, 0.15) is 32.6 Å². The van der Waals surface area contributed by atoms with Gasteiger partial charge < -0.3 is 10.1 Å². The molecule has 0 unspecified atom stereocenters. The summed E-state index contributed by atoms with van der Waals surface area (Å²) in [5.41, 5.74) is 1.14. The van der Waals surface area contributed by atoms with Crippen molar-refractivity contribution in [1.29, 1.82) is 0 Å². The van der Waals surface area contributed by atoms with Crippen LogP contribution >= 0.6 is 11.3 Å². The number of nitrogens with one attached hydrogen (secondary N) is 1. The molecule has 1 aromatic carbocycles. The Labute approximate surface area is 125 Å². The highest BCUT2D eigenvalue weighted by atomic mass is 32.1. The predicted molar refractivity (Wildman–Crippen MR) is 85.3 cm³/mol. The zero-order chi connectivity index (χ0) is 14.5. The smallest absolute Gasteiger partial charge is 0.123 e. The van der Waals surface area contributed by atoms with E-state index in [1.807, 2.05) is 32.2 Å². The molecule has 4 heteroatoms. The summed E-state index contributed by atoms with van der Waals surface area (Å²) in [5, 5.41) is 4.46. The van der Waals surface area contributed by atoms with Crippen molar-refractivity contribution in [3.05, 3.63) is 35.3 Å². The molecule has 2 aromatic rings. The Balaban J connectivity index is 2.04. The van der Waals surface area contributed by atoms with Gasteiger partial charge in [0.25, 0.3) is 0 Å². The number of nitrogens with zero attached hydrogens (tertiary/aromatic N) is 1. The van der Waals surface area contributed by atoms with Gasteiger partial charge in [0, 0.05) is 29.2 Å². The lowest BCUT2D eigenvalue weighted by Crippen LogP contribution is -2.21. The van der Waals surface area contributed by atoms with Crippen molar-refractivity contribution >= 4 is 11.3 Å². The summed E-state index contributed by atoms with van der Waals surface area (Å²) in [5.74, 6) is 0.905. The van der Waals surface area contributed by atoms with Gasteiger partial charge in [-0.2, -0.15) is 0 Å². The van der Waals surface area contributed by atoms with Gasteiger partial charge in [-0.1, -0.05) is 13.8 Å². The predicted octanol–water partition coefficient (Wildman–Crippen LogP) is 4.10. The average molecular weight is 290 g/mol. The van der Waals surface area contributed by atoms with Gasteiger partial charge in [0.1, 0.15) is 10.8 Å². The second-order valence-electron chi connectivity index (χ2n) is 5.36. The van der Waals surface area contributed by atoms with Gasteiger partial charge in [-0.05, 0) is 38.1 Å². The lowest BCUT2D eigenvalue weighted by atomic mass is 10.2. The maximum absolute atomic E-state index is 5.65. The number of hydrogen-bond acceptors (Lipinski definition) is 4. The summed E-state index contributed by atoms with van der Waals surface area (Å²) in [6.07, 6.45) is 2.16. The summed E-state index contributed by atoms with van der Waals surface area (Å²) in [4.78, 5) is 5.75. The van der Waals surface area contributed by atoms with Crippen LogP contribution in [0, 0.1) is 0 Å². The molecule has 3 nitrogen and oxygen atoms in total. The number of ether oxygens (including phenoxy) is 1. The molecule has 1 N–H and O–H groups in total. The fourth-order valence-corrected chi connectivity index (χ4v) is 2.64. The summed E-state index contributed by atoms with van der Waals surface area (Å²) in [6, 6.07) is 8.63. The van der Waals surface area contributed by atoms with Crippen molar-refractivity contribution in [2.45, 2.75) is 46.4 Å². The highest BCUT2D eigenvalue weighted by Gasteiger charge is 2.06. The van der Waals surface area contributed by atoms with E-state index in [0.717, 1.165) is 22.9 Å². The molecule has 0 amide bonds. The monoisotopic (exact) mass is 290 g/mol. The van der Waals surface area contributed by atoms with Crippen LogP contribution in [0.3, 0.4) is 0 Å². The van der Waals surface area contributed by atoms with Crippen LogP contribution in [0.5, 0.6) is 5.75 Å². The van der Waals surface area contributed by atoms with Gasteiger partial charge in [-0.15, -0.1) is 11.3 Å². The Hall–Kier alpha value is -1.39. The Morgan fingerprint density at radius 3 is 2.45 bits per heavy atom. The van der Waals surface area contributed by atoms with Crippen LogP contribution in [0.25, 0.3) is 10.6 Å². The average Bonchev–Trinajstić information content (AvgIpc) is 2.85. The molecular weight excluding hydrogens is 268 g/mol. The van der Waals surface area contributed by atoms with Gasteiger partial charge in [0.2, 0.25) is 0 Å². The minimum Gasteiger partial charge on any atom is -0.491 e. The van der Waals surface area contributed by atoms with E-state index in [9.17, 15) is 0 Å². The molecule has 20 heavy (non-hydrogen) atoms. The zero-order valence-electron chi connectivity index (χ0n) is 12.5. The fraction of sp³-hybridized carbons (Fsp3) is 0.438. The molecule has 2 rings (SSSR count). The Bertz CT molecular complexity index is 532. The lowest BCUT2D eigenvalue weighted by Gasteiger charge is -2.09. The molecular formula is C16H22N2OS. The first-order chi connectivity index (χ1) is 9.54. The molecule has 1 heterocycles. The highest BCUT2D eigenvalue weighted by Crippen LogP contribution is 2.27. The van der Waals surface area contributed by atoms with Crippen LogP contribution in [0.15, 0.2) is 30.5 Å². The molecule has 0 saturated heterocycles. The van der Waals surface area contributed by atoms with Crippen LogP contribution in [0.2, 0.25) is 0 Å². The molecule has 0 saturated carbocycles. The van der Waals surface area contributed by atoms with Crippen molar-refractivity contribution in [2.24, 2.45) is 0 Å². The van der Waals surface area contributed by atoms with Gasteiger partial charge in [0.05, 0.1) is 6.10 Å². The quantitative estimate of drug-likeness (QED) is 0.870. The van der Waals surface area contributed by atoms with E-state index < -0.39 is 0 Å². The van der Waals surface area contributed by atoms with Gasteiger partial charge in [0.15, 0.2) is 0 Å². The third-order valence-electron chi connectivity index (χ3n) is 2.71. The molecule has 0 radical (unpaired) electrons. The topological polar surface area (TPSA) is 34.2 Å². The Morgan fingerprint density at radius 2 is 1.85 bits per heavy atom. The minimum absolute atomic E-state index is 0.203. The molecule has 0 aliphatic rings. The molecule has 0 fully saturated rings. The first-order valence-corrected chi connectivity index (χ1v) is 7.81. The van der Waals surface area contributed by atoms with Crippen LogP contribution < -0.4 is 10.1 Å². The van der Waals surface area contributed by atoms with E-state index in [0.29, 0.717) is 6.04 Å². The fourth-order valence-electron chi connectivity index (χ4n) is 1.78. The largest absolute Gasteiger partial charge is 0.491 e. The van der Waals surface area contributed by atoms with Gasteiger partial charge in [-0.3, -0.25) is 0 Å². The van der Waals surface area contributed by atoms with Crippen molar-refractivity contribution in [2.75, 3.05) is 0 Å². The van der Waals surface area contributed by atoms with Crippen LogP contribution in [-0.2, 0) is 6.54 Å². The van der Waals surface area contributed by atoms with Gasteiger partial charge >= 0.3 is 0 Å². The summed E-state index contributed by atoms with van der Waals surface area (Å²) in [7, 11) is 0.